The molecule has 1 aliphatic rings. The smallest absolute Gasteiger partial charge is 0.0237 e. The molecule has 0 amide bonds. The predicted molar refractivity (Wildman–Crippen MR) is 86.5 cm³/mol. The van der Waals surface area contributed by atoms with Crippen molar-refractivity contribution >= 4 is 0 Å². The van der Waals surface area contributed by atoms with Crippen LogP contribution in [0.4, 0.5) is 0 Å². The van der Waals surface area contributed by atoms with E-state index in [1.165, 1.54) is 31.2 Å². The average molecular weight is 274 g/mol. The van der Waals surface area contributed by atoms with Crippen molar-refractivity contribution in [1.29, 1.82) is 0 Å². The third kappa shape index (κ3) is 4.07. The zero-order valence-electron chi connectivity index (χ0n) is 13.1. The first-order valence-corrected chi connectivity index (χ1v) is 8.20. The lowest BCUT2D eigenvalue weighted by Gasteiger charge is -2.42. The van der Waals surface area contributed by atoms with E-state index >= 15 is 0 Å². The van der Waals surface area contributed by atoms with E-state index in [2.05, 4.69) is 49.1 Å². The average Bonchev–Trinajstić information content (AvgIpc) is 2.48. The lowest BCUT2D eigenvalue weighted by molar-refractivity contribution is 0.0748. The largest absolute Gasteiger partial charge is 0.329 e. The standard InChI is InChI=1S/C18H30N2/c1-15(2)17-10-6-7-11-18(17)20(13-12-19)14-16-8-4-3-5-9-16/h3-5,8-9,15,17-18H,6-7,10-14,19H2,1-2H3. The van der Waals surface area contributed by atoms with Crippen LogP contribution in [0.2, 0.25) is 0 Å². The first-order valence-electron chi connectivity index (χ1n) is 8.20. The van der Waals surface area contributed by atoms with Gasteiger partial charge in [0.15, 0.2) is 0 Å². The highest BCUT2D eigenvalue weighted by Crippen LogP contribution is 2.34. The lowest BCUT2D eigenvalue weighted by atomic mass is 9.77. The molecule has 2 rings (SSSR count). The van der Waals surface area contributed by atoms with Crippen LogP contribution in [0.25, 0.3) is 0 Å². The Hall–Kier alpha value is -0.860. The molecule has 0 radical (unpaired) electrons. The molecule has 0 spiro atoms. The Kier molecular flexibility index (Phi) is 6.06. The fraction of sp³-hybridized carbons (Fsp3) is 0.667. The molecule has 2 nitrogen and oxygen atoms in total. The summed E-state index contributed by atoms with van der Waals surface area (Å²) in [6.45, 7) is 7.58. The molecule has 1 saturated carbocycles. The molecule has 1 aliphatic carbocycles. The van der Waals surface area contributed by atoms with Gasteiger partial charge in [0.25, 0.3) is 0 Å². The number of hydrogen-bond acceptors (Lipinski definition) is 2. The lowest BCUT2D eigenvalue weighted by Crippen LogP contribution is -2.45. The number of nitrogens with zero attached hydrogens (tertiary/aromatic N) is 1. The maximum absolute atomic E-state index is 5.87. The summed E-state index contributed by atoms with van der Waals surface area (Å²) in [6, 6.07) is 11.5. The second-order valence-electron chi connectivity index (χ2n) is 6.50. The van der Waals surface area contributed by atoms with Crippen LogP contribution in [0.15, 0.2) is 30.3 Å². The number of hydrogen-bond donors (Lipinski definition) is 1. The van der Waals surface area contributed by atoms with Crippen molar-refractivity contribution in [3.8, 4) is 0 Å². The third-order valence-corrected chi connectivity index (χ3v) is 4.75. The first kappa shape index (κ1) is 15.5. The zero-order valence-corrected chi connectivity index (χ0v) is 13.1. The van der Waals surface area contributed by atoms with Gasteiger partial charge in [0.2, 0.25) is 0 Å². The van der Waals surface area contributed by atoms with Crippen molar-refractivity contribution in [3.05, 3.63) is 35.9 Å². The minimum absolute atomic E-state index is 0.715. The van der Waals surface area contributed by atoms with Gasteiger partial charge in [-0.1, -0.05) is 57.0 Å². The molecule has 0 saturated heterocycles. The third-order valence-electron chi connectivity index (χ3n) is 4.75. The van der Waals surface area contributed by atoms with Crippen LogP contribution in [-0.4, -0.2) is 24.0 Å². The van der Waals surface area contributed by atoms with Gasteiger partial charge < -0.3 is 5.73 Å². The summed E-state index contributed by atoms with van der Waals surface area (Å²) in [5.74, 6) is 1.61. The molecule has 2 atom stereocenters. The second-order valence-corrected chi connectivity index (χ2v) is 6.50. The topological polar surface area (TPSA) is 29.3 Å². The van der Waals surface area contributed by atoms with E-state index in [-0.39, 0.29) is 0 Å². The molecule has 2 unspecified atom stereocenters. The van der Waals surface area contributed by atoms with E-state index in [0.717, 1.165) is 31.5 Å². The van der Waals surface area contributed by atoms with E-state index in [4.69, 9.17) is 5.73 Å². The number of benzene rings is 1. The SMILES string of the molecule is CC(C)C1CCCCC1N(CCN)Cc1ccccc1. The van der Waals surface area contributed by atoms with Gasteiger partial charge in [-0.25, -0.2) is 0 Å². The molecule has 1 aromatic rings. The molecule has 2 heteroatoms. The van der Waals surface area contributed by atoms with Crippen molar-refractivity contribution in [1.82, 2.24) is 4.90 Å². The highest BCUT2D eigenvalue weighted by molar-refractivity contribution is 5.14. The summed E-state index contributed by atoms with van der Waals surface area (Å²) in [7, 11) is 0. The molecule has 0 aliphatic heterocycles. The van der Waals surface area contributed by atoms with Crippen LogP contribution >= 0.6 is 0 Å². The van der Waals surface area contributed by atoms with E-state index in [0.29, 0.717) is 6.04 Å². The van der Waals surface area contributed by atoms with E-state index < -0.39 is 0 Å². The van der Waals surface area contributed by atoms with E-state index in [9.17, 15) is 0 Å². The molecule has 0 heterocycles. The van der Waals surface area contributed by atoms with Gasteiger partial charge in [0.05, 0.1) is 0 Å². The van der Waals surface area contributed by atoms with Crippen LogP contribution in [0.3, 0.4) is 0 Å². The summed E-state index contributed by atoms with van der Waals surface area (Å²) in [5.41, 5.74) is 7.28. The van der Waals surface area contributed by atoms with Crippen molar-refractivity contribution in [2.75, 3.05) is 13.1 Å². The Morgan fingerprint density at radius 2 is 1.85 bits per heavy atom. The Bertz CT molecular complexity index is 374. The fourth-order valence-corrected chi connectivity index (χ4v) is 3.72. The summed E-state index contributed by atoms with van der Waals surface area (Å²) < 4.78 is 0. The van der Waals surface area contributed by atoms with Gasteiger partial charge in [-0.3, -0.25) is 4.90 Å². The van der Waals surface area contributed by atoms with Gasteiger partial charge in [0.1, 0.15) is 0 Å². The van der Waals surface area contributed by atoms with Crippen LogP contribution in [0.5, 0.6) is 0 Å². The van der Waals surface area contributed by atoms with Gasteiger partial charge in [0, 0.05) is 25.7 Å². The van der Waals surface area contributed by atoms with Crippen molar-refractivity contribution < 1.29 is 0 Å². The highest BCUT2D eigenvalue weighted by Gasteiger charge is 2.31. The number of rotatable bonds is 6. The van der Waals surface area contributed by atoms with Crippen LogP contribution in [-0.2, 0) is 6.54 Å². The molecule has 20 heavy (non-hydrogen) atoms. The van der Waals surface area contributed by atoms with Crippen LogP contribution < -0.4 is 5.73 Å². The summed E-state index contributed by atoms with van der Waals surface area (Å²) in [4.78, 5) is 2.64. The van der Waals surface area contributed by atoms with Crippen molar-refractivity contribution in [3.63, 3.8) is 0 Å². The zero-order chi connectivity index (χ0) is 14.4. The van der Waals surface area contributed by atoms with Crippen LogP contribution in [0.1, 0.15) is 45.1 Å². The molecular weight excluding hydrogens is 244 g/mol. The second kappa shape index (κ2) is 7.80. The van der Waals surface area contributed by atoms with E-state index in [1.807, 2.05) is 0 Å². The van der Waals surface area contributed by atoms with Crippen LogP contribution in [0, 0.1) is 11.8 Å². The monoisotopic (exact) mass is 274 g/mol. The minimum Gasteiger partial charge on any atom is -0.329 e. The Morgan fingerprint density at radius 1 is 1.15 bits per heavy atom. The molecule has 112 valence electrons. The fourth-order valence-electron chi connectivity index (χ4n) is 3.72. The molecule has 0 bridgehead atoms. The normalized spacial score (nSPS) is 23.4. The summed E-state index contributed by atoms with van der Waals surface area (Å²) >= 11 is 0. The van der Waals surface area contributed by atoms with Crippen molar-refractivity contribution in [2.24, 2.45) is 17.6 Å². The van der Waals surface area contributed by atoms with E-state index in [1.54, 1.807) is 0 Å². The molecule has 2 N–H and O–H groups in total. The Balaban J connectivity index is 2.09. The molecule has 0 aromatic heterocycles. The Labute approximate surface area is 124 Å². The number of nitrogens with two attached hydrogens (primary N) is 1. The van der Waals surface area contributed by atoms with Gasteiger partial charge in [-0.2, -0.15) is 0 Å². The first-order chi connectivity index (χ1) is 9.72. The summed E-state index contributed by atoms with van der Waals surface area (Å²) in [6.07, 6.45) is 5.51. The van der Waals surface area contributed by atoms with Gasteiger partial charge in [-0.15, -0.1) is 0 Å². The predicted octanol–water partition coefficient (Wildman–Crippen LogP) is 3.66. The maximum Gasteiger partial charge on any atom is 0.0237 e. The van der Waals surface area contributed by atoms with Gasteiger partial charge in [-0.05, 0) is 30.2 Å². The molecular formula is C18H30N2. The minimum atomic E-state index is 0.715. The van der Waals surface area contributed by atoms with Gasteiger partial charge >= 0.3 is 0 Å². The molecule has 1 aromatic carbocycles. The maximum atomic E-state index is 5.87. The Morgan fingerprint density at radius 3 is 2.50 bits per heavy atom. The summed E-state index contributed by atoms with van der Waals surface area (Å²) in [5, 5.41) is 0. The van der Waals surface area contributed by atoms with Crippen molar-refractivity contribution in [2.45, 2.75) is 52.1 Å². The molecule has 1 fully saturated rings. The highest BCUT2D eigenvalue weighted by atomic mass is 15.2. The quantitative estimate of drug-likeness (QED) is 0.857.